The molecule has 0 radical (unpaired) electrons. The first kappa shape index (κ1) is 19.4. The molecule has 0 aliphatic rings. The summed E-state index contributed by atoms with van der Waals surface area (Å²) in [6.45, 7) is 11.1. The lowest BCUT2D eigenvalue weighted by Gasteiger charge is -2.30. The molecule has 0 aliphatic heterocycles. The van der Waals surface area contributed by atoms with Crippen molar-refractivity contribution in [3.63, 3.8) is 0 Å². The van der Waals surface area contributed by atoms with Crippen molar-refractivity contribution in [1.82, 2.24) is 10.2 Å². The van der Waals surface area contributed by atoms with Gasteiger partial charge in [0.15, 0.2) is 0 Å². The molecule has 0 bridgehead atoms. The Labute approximate surface area is 126 Å². The van der Waals surface area contributed by atoms with Crippen LogP contribution in [-0.4, -0.2) is 46.4 Å². The Balaban J connectivity index is 4.66. The largest absolute Gasteiger partial charge is 0.481 e. The molecule has 0 heterocycles. The molecule has 0 saturated carbocycles. The third kappa shape index (κ3) is 7.11. The minimum absolute atomic E-state index is 0.0270. The van der Waals surface area contributed by atoms with Crippen LogP contribution in [0.3, 0.4) is 0 Å². The van der Waals surface area contributed by atoms with Gasteiger partial charge in [0.1, 0.15) is 6.04 Å². The molecule has 2 amide bonds. The van der Waals surface area contributed by atoms with Crippen LogP contribution in [0.2, 0.25) is 0 Å². The third-order valence-corrected chi connectivity index (χ3v) is 3.10. The van der Waals surface area contributed by atoms with E-state index in [9.17, 15) is 14.4 Å². The molecule has 1 unspecified atom stereocenters. The molecule has 0 spiro atoms. The fourth-order valence-electron chi connectivity index (χ4n) is 1.75. The van der Waals surface area contributed by atoms with Gasteiger partial charge in [0.2, 0.25) is 11.8 Å². The first-order valence-electron chi connectivity index (χ1n) is 7.30. The van der Waals surface area contributed by atoms with Crippen molar-refractivity contribution in [2.24, 2.45) is 5.41 Å². The van der Waals surface area contributed by atoms with Gasteiger partial charge < -0.3 is 15.3 Å². The average Bonchev–Trinajstić information content (AvgIpc) is 2.31. The molecule has 6 nitrogen and oxygen atoms in total. The lowest BCUT2D eigenvalue weighted by Crippen LogP contribution is -2.51. The first-order valence-corrected chi connectivity index (χ1v) is 7.30. The fraction of sp³-hybridized carbons (Fsp3) is 0.800. The summed E-state index contributed by atoms with van der Waals surface area (Å²) < 4.78 is 0. The van der Waals surface area contributed by atoms with E-state index in [0.29, 0.717) is 13.0 Å². The molecule has 21 heavy (non-hydrogen) atoms. The number of aliphatic carboxylic acids is 1. The maximum absolute atomic E-state index is 12.4. The van der Waals surface area contributed by atoms with Crippen LogP contribution in [0.5, 0.6) is 0 Å². The second kappa shape index (κ2) is 8.00. The van der Waals surface area contributed by atoms with E-state index in [1.54, 1.807) is 32.6 Å². The average molecular weight is 300 g/mol. The van der Waals surface area contributed by atoms with E-state index < -0.39 is 17.4 Å². The normalized spacial score (nSPS) is 12.9. The minimum atomic E-state index is -0.875. The van der Waals surface area contributed by atoms with Gasteiger partial charge in [-0.3, -0.25) is 14.4 Å². The number of carbonyl (C=O) groups excluding carboxylic acids is 2. The second-order valence-corrected chi connectivity index (χ2v) is 6.57. The first-order chi connectivity index (χ1) is 9.46. The van der Waals surface area contributed by atoms with Gasteiger partial charge in [-0.2, -0.15) is 0 Å². The van der Waals surface area contributed by atoms with Crippen molar-refractivity contribution in [1.29, 1.82) is 0 Å². The molecular weight excluding hydrogens is 272 g/mol. The van der Waals surface area contributed by atoms with E-state index in [-0.39, 0.29) is 24.3 Å². The summed E-state index contributed by atoms with van der Waals surface area (Å²) in [4.78, 5) is 36.5. The Hall–Kier alpha value is -1.59. The van der Waals surface area contributed by atoms with E-state index in [1.807, 2.05) is 13.8 Å². The molecule has 0 saturated heterocycles. The maximum atomic E-state index is 12.4. The standard InChI is InChI=1S/C15H28N2O4/c1-10(2)17(9-7-8-12(18)19)13(20)11(3)16-14(21)15(4,5)6/h10-11H,7-9H2,1-6H3,(H,16,21)(H,18,19). The Morgan fingerprint density at radius 2 is 1.67 bits per heavy atom. The number of carbonyl (C=O) groups is 3. The van der Waals surface area contributed by atoms with Gasteiger partial charge in [-0.15, -0.1) is 0 Å². The number of carboxylic acid groups (broad SMARTS) is 1. The van der Waals surface area contributed by atoms with Gasteiger partial charge in [-0.25, -0.2) is 0 Å². The summed E-state index contributed by atoms with van der Waals surface area (Å²) in [5.41, 5.74) is -0.555. The zero-order chi connectivity index (χ0) is 16.8. The predicted molar refractivity (Wildman–Crippen MR) is 80.8 cm³/mol. The highest BCUT2D eigenvalue weighted by atomic mass is 16.4. The molecule has 0 aromatic rings. The predicted octanol–water partition coefficient (Wildman–Crippen LogP) is 1.64. The summed E-state index contributed by atoms with van der Waals surface area (Å²) in [6.07, 6.45) is 0.429. The Morgan fingerprint density at radius 1 is 1.14 bits per heavy atom. The van der Waals surface area contributed by atoms with Gasteiger partial charge in [-0.1, -0.05) is 20.8 Å². The van der Waals surface area contributed by atoms with Gasteiger partial charge in [0, 0.05) is 24.4 Å². The molecular formula is C15H28N2O4. The van der Waals surface area contributed by atoms with Gasteiger partial charge >= 0.3 is 5.97 Å². The van der Waals surface area contributed by atoms with Gasteiger partial charge in [0.25, 0.3) is 0 Å². The van der Waals surface area contributed by atoms with Crippen molar-refractivity contribution in [3.8, 4) is 0 Å². The summed E-state index contributed by atoms with van der Waals surface area (Å²) in [7, 11) is 0. The van der Waals surface area contributed by atoms with E-state index in [4.69, 9.17) is 5.11 Å². The van der Waals surface area contributed by atoms with E-state index in [2.05, 4.69) is 5.32 Å². The van der Waals surface area contributed by atoms with Crippen molar-refractivity contribution < 1.29 is 19.5 Å². The molecule has 0 rings (SSSR count). The van der Waals surface area contributed by atoms with Crippen molar-refractivity contribution in [3.05, 3.63) is 0 Å². The number of nitrogens with one attached hydrogen (secondary N) is 1. The van der Waals surface area contributed by atoms with Crippen molar-refractivity contribution in [2.75, 3.05) is 6.54 Å². The third-order valence-electron chi connectivity index (χ3n) is 3.10. The maximum Gasteiger partial charge on any atom is 0.303 e. The number of hydrogen-bond donors (Lipinski definition) is 2. The minimum Gasteiger partial charge on any atom is -0.481 e. The van der Waals surface area contributed by atoms with Crippen LogP contribution >= 0.6 is 0 Å². The highest BCUT2D eigenvalue weighted by Gasteiger charge is 2.28. The van der Waals surface area contributed by atoms with Crippen LogP contribution in [0.15, 0.2) is 0 Å². The zero-order valence-corrected chi connectivity index (χ0v) is 13.9. The summed E-state index contributed by atoms with van der Waals surface area (Å²) in [5.74, 6) is -1.24. The van der Waals surface area contributed by atoms with Crippen LogP contribution in [0.4, 0.5) is 0 Å². The van der Waals surface area contributed by atoms with Gasteiger partial charge in [-0.05, 0) is 27.2 Å². The Morgan fingerprint density at radius 3 is 2.05 bits per heavy atom. The molecule has 0 aromatic carbocycles. The van der Waals surface area contributed by atoms with Crippen LogP contribution in [0.25, 0.3) is 0 Å². The Bertz CT molecular complexity index is 386. The number of carboxylic acids is 1. The monoisotopic (exact) mass is 300 g/mol. The van der Waals surface area contributed by atoms with Gasteiger partial charge in [0.05, 0.1) is 0 Å². The summed E-state index contributed by atoms with van der Waals surface area (Å²) in [5, 5.41) is 11.4. The number of nitrogens with zero attached hydrogens (tertiary/aromatic N) is 1. The SMILES string of the molecule is CC(NC(=O)C(C)(C)C)C(=O)N(CCCC(=O)O)C(C)C. The lowest BCUT2D eigenvalue weighted by atomic mass is 9.95. The Kier molecular flexibility index (Phi) is 7.39. The molecule has 1 atom stereocenters. The summed E-state index contributed by atoms with van der Waals surface area (Å²) >= 11 is 0. The van der Waals surface area contributed by atoms with Crippen LogP contribution < -0.4 is 5.32 Å². The number of amides is 2. The van der Waals surface area contributed by atoms with E-state index in [0.717, 1.165) is 0 Å². The summed E-state index contributed by atoms with van der Waals surface area (Å²) in [6, 6.07) is -0.663. The van der Waals surface area contributed by atoms with Crippen molar-refractivity contribution >= 4 is 17.8 Å². The molecule has 0 aliphatic carbocycles. The molecule has 0 aromatic heterocycles. The molecule has 2 N–H and O–H groups in total. The highest BCUT2D eigenvalue weighted by Crippen LogP contribution is 2.13. The fourth-order valence-corrected chi connectivity index (χ4v) is 1.75. The van der Waals surface area contributed by atoms with Crippen LogP contribution in [-0.2, 0) is 14.4 Å². The highest BCUT2D eigenvalue weighted by molar-refractivity contribution is 5.89. The second-order valence-electron chi connectivity index (χ2n) is 6.57. The lowest BCUT2D eigenvalue weighted by molar-refractivity contribution is -0.140. The quantitative estimate of drug-likeness (QED) is 0.748. The van der Waals surface area contributed by atoms with Crippen molar-refractivity contribution in [2.45, 2.75) is 66.5 Å². The van der Waals surface area contributed by atoms with E-state index in [1.165, 1.54) is 0 Å². The zero-order valence-electron chi connectivity index (χ0n) is 13.9. The topological polar surface area (TPSA) is 86.7 Å². The molecule has 122 valence electrons. The van der Waals surface area contributed by atoms with Crippen LogP contribution in [0.1, 0.15) is 54.4 Å². The number of rotatable bonds is 7. The smallest absolute Gasteiger partial charge is 0.303 e. The molecule has 0 fully saturated rings. The van der Waals surface area contributed by atoms with E-state index >= 15 is 0 Å². The van der Waals surface area contributed by atoms with Crippen LogP contribution in [0, 0.1) is 5.41 Å². The number of hydrogen-bond acceptors (Lipinski definition) is 3. The molecule has 6 heteroatoms.